The van der Waals surface area contributed by atoms with E-state index in [0.717, 1.165) is 11.1 Å². The summed E-state index contributed by atoms with van der Waals surface area (Å²) in [4.78, 5) is 38.5. The Kier molecular flexibility index (Phi) is 6.09. The molecule has 3 rings (SSSR count). The van der Waals surface area contributed by atoms with Crippen molar-refractivity contribution in [1.29, 1.82) is 0 Å². The Morgan fingerprint density at radius 1 is 0.931 bits per heavy atom. The molecule has 0 saturated carbocycles. The summed E-state index contributed by atoms with van der Waals surface area (Å²) in [5.41, 5.74) is 3.98. The maximum absolute atomic E-state index is 12.2. The number of carbonyl (C=O) groups excluding carboxylic acids is 3. The second kappa shape index (κ2) is 8.88. The molecule has 0 atom stereocenters. The number of carbonyl (C=O) groups is 3. The van der Waals surface area contributed by atoms with Gasteiger partial charge in [0.05, 0.1) is 0 Å². The molecule has 0 radical (unpaired) electrons. The van der Waals surface area contributed by atoms with Gasteiger partial charge in [-0.15, -0.1) is 0 Å². The standard InChI is InChI=1S/C22H22N4O3/c1-14-5-3-7-18(9-14)25-22(29)26-19-8-4-6-16(10-19)12-24-21(28)20-11-17(13-23-20)15(2)27/h3-11,13,23H,12H2,1-2H3,(H,24,28)(H2,25,26,29). The van der Waals surface area contributed by atoms with E-state index in [4.69, 9.17) is 0 Å². The van der Waals surface area contributed by atoms with Crippen molar-refractivity contribution in [1.82, 2.24) is 10.3 Å². The van der Waals surface area contributed by atoms with Gasteiger partial charge in [0.1, 0.15) is 5.69 Å². The minimum atomic E-state index is -0.347. The Morgan fingerprint density at radius 2 is 1.62 bits per heavy atom. The third kappa shape index (κ3) is 5.55. The van der Waals surface area contributed by atoms with Gasteiger partial charge < -0.3 is 20.9 Å². The van der Waals surface area contributed by atoms with Crippen molar-refractivity contribution in [2.24, 2.45) is 0 Å². The third-order valence-corrected chi connectivity index (χ3v) is 4.25. The Morgan fingerprint density at radius 3 is 2.28 bits per heavy atom. The Bertz CT molecular complexity index is 1060. The number of aryl methyl sites for hydroxylation is 1. The minimum Gasteiger partial charge on any atom is -0.356 e. The Hall–Kier alpha value is -3.87. The number of benzene rings is 2. The van der Waals surface area contributed by atoms with Crippen molar-refractivity contribution in [3.05, 3.63) is 83.2 Å². The molecule has 0 saturated heterocycles. The number of ketones is 1. The molecule has 29 heavy (non-hydrogen) atoms. The monoisotopic (exact) mass is 390 g/mol. The van der Waals surface area contributed by atoms with Crippen LogP contribution in [0.5, 0.6) is 0 Å². The van der Waals surface area contributed by atoms with Gasteiger partial charge in [-0.05, 0) is 55.3 Å². The summed E-state index contributed by atoms with van der Waals surface area (Å²) in [5.74, 6) is -0.420. The molecular formula is C22H22N4O3. The third-order valence-electron chi connectivity index (χ3n) is 4.25. The number of amides is 3. The van der Waals surface area contributed by atoms with E-state index in [2.05, 4.69) is 20.9 Å². The first-order chi connectivity index (χ1) is 13.9. The van der Waals surface area contributed by atoms with Gasteiger partial charge in [-0.3, -0.25) is 9.59 Å². The molecule has 0 unspecified atom stereocenters. The van der Waals surface area contributed by atoms with Crippen LogP contribution in [0, 0.1) is 6.92 Å². The smallest absolute Gasteiger partial charge is 0.323 e. The van der Waals surface area contributed by atoms with Crippen molar-refractivity contribution in [3.63, 3.8) is 0 Å². The van der Waals surface area contributed by atoms with Gasteiger partial charge in [0.2, 0.25) is 0 Å². The fraction of sp³-hybridized carbons (Fsp3) is 0.136. The van der Waals surface area contributed by atoms with E-state index in [1.54, 1.807) is 18.2 Å². The molecule has 0 fully saturated rings. The number of H-pyrrole nitrogens is 1. The van der Waals surface area contributed by atoms with Crippen LogP contribution in [0.4, 0.5) is 16.2 Å². The van der Waals surface area contributed by atoms with E-state index in [9.17, 15) is 14.4 Å². The summed E-state index contributed by atoms with van der Waals surface area (Å²) in [5, 5.41) is 8.35. The molecule has 2 aromatic carbocycles. The molecule has 7 heteroatoms. The van der Waals surface area contributed by atoms with Crippen molar-refractivity contribution in [2.45, 2.75) is 20.4 Å². The molecule has 3 aromatic rings. The van der Waals surface area contributed by atoms with Crippen LogP contribution < -0.4 is 16.0 Å². The number of rotatable bonds is 6. The molecule has 1 aromatic heterocycles. The van der Waals surface area contributed by atoms with E-state index in [1.807, 2.05) is 37.3 Å². The lowest BCUT2D eigenvalue weighted by Gasteiger charge is -2.10. The van der Waals surface area contributed by atoms with Crippen molar-refractivity contribution < 1.29 is 14.4 Å². The van der Waals surface area contributed by atoms with E-state index in [-0.39, 0.29) is 24.3 Å². The molecular weight excluding hydrogens is 368 g/mol. The molecule has 148 valence electrons. The van der Waals surface area contributed by atoms with Gasteiger partial charge in [0, 0.05) is 29.7 Å². The van der Waals surface area contributed by atoms with Gasteiger partial charge in [0.25, 0.3) is 5.91 Å². The maximum Gasteiger partial charge on any atom is 0.323 e. The predicted octanol–water partition coefficient (Wildman–Crippen LogP) is 4.10. The first kappa shape index (κ1) is 19.9. The second-order valence-corrected chi connectivity index (χ2v) is 6.69. The van der Waals surface area contributed by atoms with Gasteiger partial charge >= 0.3 is 6.03 Å². The number of Topliss-reactive ketones (excluding diaryl/α,β-unsaturated/α-hetero) is 1. The largest absolute Gasteiger partial charge is 0.356 e. The van der Waals surface area contributed by atoms with Crippen LogP contribution in [0.1, 0.15) is 38.9 Å². The number of aromatic amines is 1. The zero-order valence-electron chi connectivity index (χ0n) is 16.2. The molecule has 7 nitrogen and oxygen atoms in total. The highest BCUT2D eigenvalue weighted by Crippen LogP contribution is 2.13. The molecule has 1 heterocycles. The number of hydrogen-bond donors (Lipinski definition) is 4. The fourth-order valence-electron chi connectivity index (χ4n) is 2.78. The first-order valence-electron chi connectivity index (χ1n) is 9.12. The summed E-state index contributed by atoms with van der Waals surface area (Å²) in [6.45, 7) is 3.68. The lowest BCUT2D eigenvalue weighted by molar-refractivity contribution is 0.0946. The maximum atomic E-state index is 12.2. The quantitative estimate of drug-likeness (QED) is 0.476. The summed E-state index contributed by atoms with van der Waals surface area (Å²) >= 11 is 0. The number of urea groups is 1. The number of aromatic nitrogens is 1. The zero-order valence-corrected chi connectivity index (χ0v) is 16.2. The highest BCUT2D eigenvalue weighted by molar-refractivity contribution is 6.00. The normalized spacial score (nSPS) is 10.3. The fourth-order valence-corrected chi connectivity index (χ4v) is 2.78. The topological polar surface area (TPSA) is 103 Å². The average molecular weight is 390 g/mol. The van der Waals surface area contributed by atoms with E-state index in [1.165, 1.54) is 19.2 Å². The van der Waals surface area contributed by atoms with Crippen LogP contribution in [0.3, 0.4) is 0 Å². The van der Waals surface area contributed by atoms with E-state index in [0.29, 0.717) is 22.6 Å². The molecule has 0 bridgehead atoms. The van der Waals surface area contributed by atoms with Crippen molar-refractivity contribution in [3.8, 4) is 0 Å². The summed E-state index contributed by atoms with van der Waals surface area (Å²) in [6.07, 6.45) is 1.51. The van der Waals surface area contributed by atoms with Crippen molar-refractivity contribution in [2.75, 3.05) is 10.6 Å². The SMILES string of the molecule is CC(=O)c1c[nH]c(C(=O)NCc2cccc(NC(=O)Nc3cccc(C)c3)c2)c1. The van der Waals surface area contributed by atoms with Crippen LogP contribution in [0.2, 0.25) is 0 Å². The second-order valence-electron chi connectivity index (χ2n) is 6.69. The summed E-state index contributed by atoms with van der Waals surface area (Å²) in [6, 6.07) is 15.9. The predicted molar refractivity (Wildman–Crippen MR) is 112 cm³/mol. The summed E-state index contributed by atoms with van der Waals surface area (Å²) < 4.78 is 0. The van der Waals surface area contributed by atoms with Crippen LogP contribution in [-0.2, 0) is 6.54 Å². The van der Waals surface area contributed by atoms with Crippen LogP contribution >= 0.6 is 0 Å². The van der Waals surface area contributed by atoms with E-state index < -0.39 is 0 Å². The zero-order chi connectivity index (χ0) is 20.8. The lowest BCUT2D eigenvalue weighted by atomic mass is 10.2. The molecule has 0 aliphatic heterocycles. The Balaban J connectivity index is 1.56. The first-order valence-corrected chi connectivity index (χ1v) is 9.12. The number of nitrogens with one attached hydrogen (secondary N) is 4. The number of hydrogen-bond acceptors (Lipinski definition) is 3. The van der Waals surface area contributed by atoms with Gasteiger partial charge in [-0.1, -0.05) is 24.3 Å². The minimum absolute atomic E-state index is 0.108. The molecule has 3 amide bonds. The van der Waals surface area contributed by atoms with Crippen LogP contribution in [0.15, 0.2) is 60.8 Å². The molecule has 0 spiro atoms. The van der Waals surface area contributed by atoms with E-state index >= 15 is 0 Å². The van der Waals surface area contributed by atoms with Crippen molar-refractivity contribution >= 4 is 29.1 Å². The molecule has 0 aliphatic rings. The van der Waals surface area contributed by atoms with Gasteiger partial charge in [-0.2, -0.15) is 0 Å². The Labute approximate surface area is 168 Å². The lowest BCUT2D eigenvalue weighted by Crippen LogP contribution is -2.23. The molecule has 4 N–H and O–H groups in total. The average Bonchev–Trinajstić information content (AvgIpc) is 3.17. The molecule has 0 aliphatic carbocycles. The highest BCUT2D eigenvalue weighted by atomic mass is 16.2. The van der Waals surface area contributed by atoms with Gasteiger partial charge in [-0.25, -0.2) is 4.79 Å². The van der Waals surface area contributed by atoms with Gasteiger partial charge in [0.15, 0.2) is 5.78 Å². The highest BCUT2D eigenvalue weighted by Gasteiger charge is 2.10. The summed E-state index contributed by atoms with van der Waals surface area (Å²) in [7, 11) is 0. The van der Waals surface area contributed by atoms with Crippen LogP contribution in [0.25, 0.3) is 0 Å². The number of anilines is 2. The van der Waals surface area contributed by atoms with Crippen LogP contribution in [-0.4, -0.2) is 22.7 Å².